The third-order valence-electron chi connectivity index (χ3n) is 0.565. The first-order chi connectivity index (χ1) is 3.56. The topological polar surface area (TPSA) is 0 Å². The van der Waals surface area contributed by atoms with Crippen molar-refractivity contribution in [3.8, 4) is 11.5 Å². The zero-order valence-electron chi connectivity index (χ0n) is 6.19. The van der Waals surface area contributed by atoms with Gasteiger partial charge in [0.05, 0.1) is 0 Å². The zero-order valence-corrected chi connectivity index (χ0v) is 10.1. The Hall–Kier alpha value is 0.687. The Morgan fingerprint density at radius 2 is 1.78 bits per heavy atom. The van der Waals surface area contributed by atoms with Gasteiger partial charge in [-0.2, -0.15) is 0 Å². The molecule has 0 aliphatic heterocycles. The van der Waals surface area contributed by atoms with E-state index in [2.05, 4.69) is 40.3 Å². The molecule has 0 spiro atoms. The minimum Gasteiger partial charge on any atom is -0.132 e. The summed E-state index contributed by atoms with van der Waals surface area (Å²) in [6, 6.07) is 0. The predicted octanol–water partition coefficient (Wildman–Crippen LogP) is 2.32. The van der Waals surface area contributed by atoms with Gasteiger partial charge in [0.25, 0.3) is 0 Å². The van der Waals surface area contributed by atoms with Crippen LogP contribution in [-0.2, 0) is 0 Å². The molecule has 0 N–H and O–H groups in total. The zero-order chi connectivity index (χ0) is 6.62. The molecule has 0 aromatic carbocycles. The van der Waals surface area contributed by atoms with Crippen molar-refractivity contribution in [2.75, 3.05) is 6.16 Å². The average molecular weight is 225 g/mol. The van der Waals surface area contributed by atoms with Gasteiger partial charge in [-0.3, -0.25) is 0 Å². The van der Waals surface area contributed by atoms with E-state index in [0.717, 1.165) is 6.16 Å². The quantitative estimate of drug-likeness (QED) is 0.337. The van der Waals surface area contributed by atoms with Crippen LogP contribution in [0.1, 0.15) is 0 Å². The lowest BCUT2D eigenvalue weighted by atomic mass is 10.8. The molecule has 0 radical (unpaired) electrons. The monoisotopic (exact) mass is 224 g/mol. The summed E-state index contributed by atoms with van der Waals surface area (Å²) >= 11 is 0. The van der Waals surface area contributed by atoms with Gasteiger partial charge in [0.15, 0.2) is 0 Å². The fourth-order valence-electron chi connectivity index (χ4n) is 0.316. The van der Waals surface area contributed by atoms with Crippen LogP contribution in [0.15, 0.2) is 0 Å². The fourth-order valence-corrected chi connectivity index (χ4v) is 1.25. The first kappa shape index (κ1) is 12.4. The predicted molar refractivity (Wildman–Crippen MR) is 56.0 cm³/mol. The Balaban J connectivity index is 0. The second-order valence-corrected chi connectivity index (χ2v) is 7.91. The number of rotatable bonds is 0. The van der Waals surface area contributed by atoms with Crippen molar-refractivity contribution < 1.29 is 0 Å². The van der Waals surface area contributed by atoms with E-state index in [9.17, 15) is 0 Å². The summed E-state index contributed by atoms with van der Waals surface area (Å²) in [5, 5.41) is 0. The minimum atomic E-state index is -1.05. The van der Waals surface area contributed by atoms with Crippen molar-refractivity contribution in [1.82, 2.24) is 0 Å². The molecule has 9 heavy (non-hydrogen) atoms. The Bertz CT molecular complexity index is 117. The normalized spacial score (nSPS) is 8.89. The van der Waals surface area contributed by atoms with Gasteiger partial charge in [-0.15, -0.1) is 37.7 Å². The van der Waals surface area contributed by atoms with Gasteiger partial charge < -0.3 is 0 Å². The summed E-state index contributed by atoms with van der Waals surface area (Å²) in [6.45, 7) is 6.75. The molecule has 0 aromatic heterocycles. The molecular formula is C6H14BrPSi. The fraction of sp³-hybridized carbons (Fsp3) is 0.667. The molecule has 1 atom stereocenters. The van der Waals surface area contributed by atoms with E-state index in [-0.39, 0.29) is 17.0 Å². The molecule has 0 aromatic rings. The lowest BCUT2D eigenvalue weighted by molar-refractivity contribution is 1.80. The molecule has 0 saturated heterocycles. The summed E-state index contributed by atoms with van der Waals surface area (Å²) < 4.78 is 0. The molecule has 0 rings (SSSR count). The maximum absolute atomic E-state index is 3.24. The second kappa shape index (κ2) is 5.47. The van der Waals surface area contributed by atoms with Crippen LogP contribution in [0.2, 0.25) is 19.6 Å². The van der Waals surface area contributed by atoms with Crippen molar-refractivity contribution in [2.45, 2.75) is 19.6 Å². The molecule has 3 heteroatoms. The van der Waals surface area contributed by atoms with Crippen molar-refractivity contribution in [2.24, 2.45) is 0 Å². The van der Waals surface area contributed by atoms with Gasteiger partial charge in [-0.05, 0) is 0 Å². The summed E-state index contributed by atoms with van der Waals surface area (Å²) in [5.74, 6) is 3.06. The average Bonchev–Trinajstić information content (AvgIpc) is 1.59. The summed E-state index contributed by atoms with van der Waals surface area (Å²) in [4.78, 5) is 0. The molecule has 0 fully saturated rings. The first-order valence-corrected chi connectivity index (χ1v) is 7.08. The molecule has 0 aliphatic carbocycles. The number of hydrogen-bond acceptors (Lipinski definition) is 0. The molecule has 1 unspecified atom stereocenters. The Morgan fingerprint density at radius 3 is 1.89 bits per heavy atom. The van der Waals surface area contributed by atoms with Crippen LogP contribution in [0.5, 0.6) is 0 Å². The van der Waals surface area contributed by atoms with Crippen LogP contribution < -0.4 is 0 Å². The Morgan fingerprint density at radius 1 is 1.33 bits per heavy atom. The third-order valence-corrected chi connectivity index (χ3v) is 1.70. The lowest BCUT2D eigenvalue weighted by Crippen LogP contribution is -2.16. The number of hydrogen-bond donors (Lipinski definition) is 0. The van der Waals surface area contributed by atoms with Crippen LogP contribution in [0.3, 0.4) is 0 Å². The minimum absolute atomic E-state index is 0. The Kier molecular flexibility index (Phi) is 7.52. The highest BCUT2D eigenvalue weighted by Crippen LogP contribution is 1.95. The summed E-state index contributed by atoms with van der Waals surface area (Å²) in [5.41, 5.74) is 3.24. The highest BCUT2D eigenvalue weighted by atomic mass is 79.9. The molecule has 0 amide bonds. The van der Waals surface area contributed by atoms with Crippen LogP contribution in [0, 0.1) is 11.5 Å². The largest absolute Gasteiger partial charge is 0.132 e. The van der Waals surface area contributed by atoms with Crippen LogP contribution in [0.4, 0.5) is 0 Å². The van der Waals surface area contributed by atoms with Crippen molar-refractivity contribution in [3.05, 3.63) is 0 Å². The van der Waals surface area contributed by atoms with Crippen LogP contribution in [-0.4, -0.2) is 14.2 Å². The van der Waals surface area contributed by atoms with Crippen LogP contribution >= 0.6 is 26.2 Å². The van der Waals surface area contributed by atoms with Crippen molar-refractivity contribution >= 4 is 34.3 Å². The maximum Gasteiger partial charge on any atom is 0.129 e. The Labute approximate surface area is 71.8 Å². The van der Waals surface area contributed by atoms with Crippen molar-refractivity contribution in [1.29, 1.82) is 0 Å². The lowest BCUT2D eigenvalue weighted by Gasteiger charge is -2.02. The van der Waals surface area contributed by atoms with E-state index in [1.165, 1.54) is 0 Å². The molecule has 0 bridgehead atoms. The summed E-state index contributed by atoms with van der Waals surface area (Å²) in [7, 11) is 1.55. The first-order valence-electron chi connectivity index (χ1n) is 2.76. The molecule has 0 saturated carbocycles. The summed E-state index contributed by atoms with van der Waals surface area (Å²) in [6.07, 6.45) is 0.921. The van der Waals surface area contributed by atoms with E-state index in [0.29, 0.717) is 0 Å². The van der Waals surface area contributed by atoms with Crippen LogP contribution in [0.25, 0.3) is 0 Å². The molecule has 0 nitrogen and oxygen atoms in total. The standard InChI is InChI=1S/C6H13PSi.BrH/c1-8(2,3)6-4-5-7;/h5,7H2,1-3H3;1H. The van der Waals surface area contributed by atoms with Crippen molar-refractivity contribution in [3.63, 3.8) is 0 Å². The SMILES string of the molecule is Br.C[Si](C)(C)C#CCP. The maximum atomic E-state index is 3.24. The van der Waals surface area contributed by atoms with Gasteiger partial charge in [-0.25, -0.2) is 0 Å². The van der Waals surface area contributed by atoms with E-state index in [4.69, 9.17) is 0 Å². The van der Waals surface area contributed by atoms with Gasteiger partial charge in [0.2, 0.25) is 0 Å². The number of halogens is 1. The molecular weight excluding hydrogens is 211 g/mol. The van der Waals surface area contributed by atoms with E-state index in [1.54, 1.807) is 0 Å². The van der Waals surface area contributed by atoms with E-state index in [1.807, 2.05) is 0 Å². The smallest absolute Gasteiger partial charge is 0.129 e. The molecule has 0 heterocycles. The van der Waals surface area contributed by atoms with E-state index < -0.39 is 8.07 Å². The van der Waals surface area contributed by atoms with Gasteiger partial charge >= 0.3 is 0 Å². The molecule has 0 aliphatic rings. The van der Waals surface area contributed by atoms with E-state index >= 15 is 0 Å². The van der Waals surface area contributed by atoms with Gasteiger partial charge in [-0.1, -0.05) is 19.6 Å². The molecule has 54 valence electrons. The second-order valence-electron chi connectivity index (χ2n) is 2.76. The highest BCUT2D eigenvalue weighted by molar-refractivity contribution is 8.93. The highest BCUT2D eigenvalue weighted by Gasteiger charge is 2.06. The van der Waals surface area contributed by atoms with Gasteiger partial charge in [0, 0.05) is 6.16 Å². The third kappa shape index (κ3) is 12.0. The van der Waals surface area contributed by atoms with Gasteiger partial charge in [0.1, 0.15) is 8.07 Å².